The van der Waals surface area contributed by atoms with Gasteiger partial charge in [0, 0.05) is 6.07 Å². The Hall–Kier alpha value is -1.88. The lowest BCUT2D eigenvalue weighted by Gasteiger charge is -2.13. The lowest BCUT2D eigenvalue weighted by Crippen LogP contribution is -2.30. The van der Waals surface area contributed by atoms with E-state index in [1.807, 2.05) is 0 Å². The quantitative estimate of drug-likeness (QED) is 0.768. The number of aromatic nitrogens is 2. The van der Waals surface area contributed by atoms with E-state index in [1.54, 1.807) is 17.0 Å². The van der Waals surface area contributed by atoms with Crippen molar-refractivity contribution in [1.29, 1.82) is 0 Å². The van der Waals surface area contributed by atoms with Crippen LogP contribution in [0.3, 0.4) is 0 Å². The van der Waals surface area contributed by atoms with Gasteiger partial charge in [-0.25, -0.2) is 4.98 Å². The van der Waals surface area contributed by atoms with Crippen molar-refractivity contribution in [3.8, 4) is 5.75 Å². The summed E-state index contributed by atoms with van der Waals surface area (Å²) in [5.41, 5.74) is 0.471. The second kappa shape index (κ2) is 3.85. The topological polar surface area (TPSA) is 67.1 Å². The Balaban J connectivity index is 2.18. The number of rotatable bonds is 1. The van der Waals surface area contributed by atoms with Crippen LogP contribution in [0.5, 0.6) is 5.75 Å². The van der Waals surface area contributed by atoms with Crippen LogP contribution in [-0.2, 0) is 0 Å². The molecule has 0 amide bonds. The van der Waals surface area contributed by atoms with Crippen LogP contribution >= 0.6 is 0 Å². The van der Waals surface area contributed by atoms with Gasteiger partial charge in [-0.15, -0.1) is 0 Å². The van der Waals surface area contributed by atoms with E-state index in [-0.39, 0.29) is 17.5 Å². The van der Waals surface area contributed by atoms with Crippen molar-refractivity contribution >= 4 is 10.9 Å². The van der Waals surface area contributed by atoms with Crippen LogP contribution in [0.4, 0.5) is 0 Å². The zero-order valence-electron chi connectivity index (χ0n) is 9.26. The second-order valence-corrected chi connectivity index (χ2v) is 4.27. The van der Waals surface area contributed by atoms with Crippen LogP contribution in [0.15, 0.2) is 29.3 Å². The van der Waals surface area contributed by atoms with E-state index in [0.29, 0.717) is 10.9 Å². The van der Waals surface area contributed by atoms with Gasteiger partial charge < -0.3 is 5.11 Å². The molecule has 17 heavy (non-hydrogen) atoms. The van der Waals surface area contributed by atoms with E-state index in [4.69, 9.17) is 0 Å². The first-order valence-corrected chi connectivity index (χ1v) is 5.69. The molecule has 0 aliphatic carbocycles. The van der Waals surface area contributed by atoms with E-state index in [0.717, 1.165) is 19.4 Å². The van der Waals surface area contributed by atoms with Crippen molar-refractivity contribution in [2.75, 3.05) is 6.54 Å². The lowest BCUT2D eigenvalue weighted by molar-refractivity contribution is 0.452. The van der Waals surface area contributed by atoms with Crippen LogP contribution in [0.25, 0.3) is 10.9 Å². The number of fused-ring (bicyclic) bond motifs is 1. The molecule has 0 spiro atoms. The average molecular weight is 231 g/mol. The fourth-order valence-corrected chi connectivity index (χ4v) is 2.25. The van der Waals surface area contributed by atoms with Gasteiger partial charge in [-0.3, -0.25) is 14.7 Å². The minimum Gasteiger partial charge on any atom is -0.508 e. The highest BCUT2D eigenvalue weighted by atomic mass is 16.3. The molecule has 2 heterocycles. The molecule has 1 aliphatic heterocycles. The third-order valence-corrected chi connectivity index (χ3v) is 3.14. The summed E-state index contributed by atoms with van der Waals surface area (Å²) >= 11 is 0. The summed E-state index contributed by atoms with van der Waals surface area (Å²) in [7, 11) is 0. The van der Waals surface area contributed by atoms with Gasteiger partial charge in [-0.2, -0.15) is 0 Å². The van der Waals surface area contributed by atoms with E-state index >= 15 is 0 Å². The molecule has 5 heteroatoms. The number of phenolic OH excluding ortho intramolecular Hbond substituents is 1. The fraction of sp³-hybridized carbons (Fsp3) is 0.333. The van der Waals surface area contributed by atoms with Crippen molar-refractivity contribution < 1.29 is 5.11 Å². The van der Waals surface area contributed by atoms with Gasteiger partial charge in [0.15, 0.2) is 0 Å². The molecule has 5 nitrogen and oxygen atoms in total. The van der Waals surface area contributed by atoms with Crippen LogP contribution in [0, 0.1) is 0 Å². The van der Waals surface area contributed by atoms with Gasteiger partial charge in [0.2, 0.25) is 0 Å². The molecule has 88 valence electrons. The number of benzene rings is 1. The minimum atomic E-state index is -0.0607. The van der Waals surface area contributed by atoms with Crippen LogP contribution in [0.1, 0.15) is 19.0 Å². The van der Waals surface area contributed by atoms with Gasteiger partial charge in [0.25, 0.3) is 5.56 Å². The first kappa shape index (κ1) is 10.3. The maximum absolute atomic E-state index is 12.2. The Bertz CT molecular complexity index is 615. The molecule has 1 aromatic carbocycles. The average Bonchev–Trinajstić information content (AvgIpc) is 2.82. The van der Waals surface area contributed by atoms with Gasteiger partial charge >= 0.3 is 0 Å². The third-order valence-electron chi connectivity index (χ3n) is 3.14. The number of hydrogen-bond acceptors (Lipinski definition) is 4. The number of hydrogen-bond donors (Lipinski definition) is 2. The number of nitrogens with zero attached hydrogens (tertiary/aromatic N) is 2. The molecule has 2 aromatic rings. The molecule has 0 saturated carbocycles. The summed E-state index contributed by atoms with van der Waals surface area (Å²) in [6.45, 7) is 0.935. The SMILES string of the molecule is O=c1c2ccc(O)cc2ncn1C1CCCN1. The van der Waals surface area contributed by atoms with Gasteiger partial charge in [0.05, 0.1) is 23.4 Å². The maximum Gasteiger partial charge on any atom is 0.262 e. The first-order chi connectivity index (χ1) is 8.25. The van der Waals surface area contributed by atoms with Crippen molar-refractivity contribution in [1.82, 2.24) is 14.9 Å². The van der Waals surface area contributed by atoms with Gasteiger partial charge in [-0.05, 0) is 31.5 Å². The Morgan fingerprint density at radius 1 is 1.47 bits per heavy atom. The zero-order chi connectivity index (χ0) is 11.8. The van der Waals surface area contributed by atoms with E-state index in [2.05, 4.69) is 10.3 Å². The summed E-state index contributed by atoms with van der Waals surface area (Å²) in [5.74, 6) is 0.126. The second-order valence-electron chi connectivity index (χ2n) is 4.27. The Kier molecular flexibility index (Phi) is 2.33. The largest absolute Gasteiger partial charge is 0.508 e. The highest BCUT2D eigenvalue weighted by Gasteiger charge is 2.18. The molecule has 1 fully saturated rings. The smallest absolute Gasteiger partial charge is 0.262 e. The molecular formula is C12H13N3O2. The van der Waals surface area contributed by atoms with Crippen molar-refractivity contribution in [3.63, 3.8) is 0 Å². The molecule has 1 aromatic heterocycles. The fourth-order valence-electron chi connectivity index (χ4n) is 2.25. The predicted molar refractivity (Wildman–Crippen MR) is 63.9 cm³/mol. The summed E-state index contributed by atoms with van der Waals surface area (Å²) in [4.78, 5) is 16.4. The Morgan fingerprint density at radius 2 is 2.35 bits per heavy atom. The number of aromatic hydroxyl groups is 1. The monoisotopic (exact) mass is 231 g/mol. The molecular weight excluding hydrogens is 218 g/mol. The van der Waals surface area contributed by atoms with Gasteiger partial charge in [0.1, 0.15) is 5.75 Å². The highest BCUT2D eigenvalue weighted by Crippen LogP contribution is 2.18. The molecule has 0 bridgehead atoms. The lowest BCUT2D eigenvalue weighted by atomic mass is 10.2. The van der Waals surface area contributed by atoms with Crippen molar-refractivity contribution in [3.05, 3.63) is 34.9 Å². The first-order valence-electron chi connectivity index (χ1n) is 5.69. The maximum atomic E-state index is 12.2. The molecule has 0 radical (unpaired) electrons. The van der Waals surface area contributed by atoms with Gasteiger partial charge in [-0.1, -0.05) is 0 Å². The van der Waals surface area contributed by atoms with Crippen LogP contribution in [0.2, 0.25) is 0 Å². The summed E-state index contributed by atoms with van der Waals surface area (Å²) < 4.78 is 1.63. The molecule has 1 saturated heterocycles. The van der Waals surface area contributed by atoms with Crippen LogP contribution < -0.4 is 10.9 Å². The molecule has 1 unspecified atom stereocenters. The highest BCUT2D eigenvalue weighted by molar-refractivity contribution is 5.78. The summed E-state index contributed by atoms with van der Waals surface area (Å²) in [6.07, 6.45) is 3.62. The van der Waals surface area contributed by atoms with Crippen molar-refractivity contribution in [2.45, 2.75) is 19.0 Å². The summed E-state index contributed by atoms with van der Waals surface area (Å²) in [6, 6.07) is 4.63. The van der Waals surface area contributed by atoms with E-state index < -0.39 is 0 Å². The predicted octanol–water partition coefficient (Wildman–Crippen LogP) is 0.984. The Morgan fingerprint density at radius 3 is 3.12 bits per heavy atom. The molecule has 2 N–H and O–H groups in total. The molecule has 1 aliphatic rings. The molecule has 3 rings (SSSR count). The van der Waals surface area contributed by atoms with Crippen molar-refractivity contribution in [2.24, 2.45) is 0 Å². The zero-order valence-corrected chi connectivity index (χ0v) is 9.26. The Labute approximate surface area is 97.7 Å². The van der Waals surface area contributed by atoms with Crippen LogP contribution in [-0.4, -0.2) is 21.2 Å². The normalized spacial score (nSPS) is 19.9. The number of phenols is 1. The van der Waals surface area contributed by atoms with E-state index in [1.165, 1.54) is 12.1 Å². The number of nitrogens with one attached hydrogen (secondary N) is 1. The third kappa shape index (κ3) is 1.68. The minimum absolute atomic E-state index is 0.0493. The summed E-state index contributed by atoms with van der Waals surface area (Å²) in [5, 5.41) is 13.1. The standard InChI is InChI=1S/C12H13N3O2/c16-8-3-4-9-10(6-8)14-7-15(12(9)17)11-2-1-5-13-11/h3-4,6-7,11,13,16H,1-2,5H2. The van der Waals surface area contributed by atoms with E-state index in [9.17, 15) is 9.90 Å². The molecule has 1 atom stereocenters.